The molecule has 2 aromatic carbocycles. The molecule has 0 radical (unpaired) electrons. The van der Waals surface area contributed by atoms with E-state index in [2.05, 4.69) is 39.8 Å². The lowest BCUT2D eigenvalue weighted by atomic mass is 9.85. The number of rotatable bonds is 4. The van der Waals surface area contributed by atoms with E-state index in [-0.39, 0.29) is 10.8 Å². The fourth-order valence-corrected chi connectivity index (χ4v) is 3.62. The van der Waals surface area contributed by atoms with Gasteiger partial charge < -0.3 is 0 Å². The smallest absolute Gasteiger partial charge is 0.282 e. The van der Waals surface area contributed by atoms with Crippen molar-refractivity contribution < 1.29 is 13.0 Å². The number of hydrogen-bond donors (Lipinski definition) is 1. The number of fused-ring (bicyclic) bond motifs is 1. The Morgan fingerprint density at radius 1 is 0.739 bits per heavy atom. The molecule has 0 aliphatic heterocycles. The van der Waals surface area contributed by atoms with Gasteiger partial charge in [0.25, 0.3) is 10.1 Å². The van der Waals surface area contributed by atoms with E-state index in [1.54, 1.807) is 12.1 Å². The van der Waals surface area contributed by atoms with Crippen LogP contribution in [0.15, 0.2) is 29.2 Å². The van der Waals surface area contributed by atoms with E-state index in [1.165, 1.54) is 11.1 Å². The molecule has 0 heterocycles. The van der Waals surface area contributed by atoms with Gasteiger partial charge >= 0.3 is 0 Å². The molecule has 0 bridgehead atoms. The van der Waals surface area contributed by atoms with E-state index >= 15 is 0 Å². The first-order valence-electron chi connectivity index (χ1n) is 8.11. The molecule has 0 spiro atoms. The van der Waals surface area contributed by atoms with E-state index in [1.807, 2.05) is 13.8 Å². The van der Waals surface area contributed by atoms with Crippen molar-refractivity contribution in [1.82, 2.24) is 0 Å². The molecule has 2 aromatic rings. The third-order valence-corrected chi connectivity index (χ3v) is 5.16. The zero-order valence-electron chi connectivity index (χ0n) is 14.7. The van der Waals surface area contributed by atoms with Gasteiger partial charge in [0.1, 0.15) is 0 Å². The van der Waals surface area contributed by atoms with Gasteiger partial charge in [0, 0.05) is 0 Å². The summed E-state index contributed by atoms with van der Waals surface area (Å²) in [6, 6.07) is 7.45. The van der Waals surface area contributed by atoms with Crippen LogP contribution in [0.5, 0.6) is 0 Å². The van der Waals surface area contributed by atoms with Crippen molar-refractivity contribution in [2.45, 2.75) is 64.2 Å². The lowest BCUT2D eigenvalue weighted by molar-refractivity contribution is 0.483. The van der Waals surface area contributed by atoms with Gasteiger partial charge in [0.2, 0.25) is 0 Å². The van der Waals surface area contributed by atoms with Crippen LogP contribution >= 0.6 is 0 Å². The maximum Gasteiger partial charge on any atom is 0.294 e. The zero-order valence-corrected chi connectivity index (χ0v) is 15.5. The summed E-state index contributed by atoms with van der Waals surface area (Å²) in [5.41, 5.74) is 3.48. The summed E-state index contributed by atoms with van der Waals surface area (Å²) in [7, 11) is -4.21. The Labute approximate surface area is 139 Å². The molecule has 2 rings (SSSR count). The summed E-state index contributed by atoms with van der Waals surface area (Å²) in [6.07, 6.45) is 0. The van der Waals surface area contributed by atoms with Crippen molar-refractivity contribution in [2.24, 2.45) is 0 Å². The molecular formula is C19H26O3S. The van der Waals surface area contributed by atoms with Gasteiger partial charge in [-0.2, -0.15) is 8.42 Å². The van der Waals surface area contributed by atoms with Gasteiger partial charge in [0.15, 0.2) is 0 Å². The highest BCUT2D eigenvalue weighted by molar-refractivity contribution is 7.85. The molecule has 0 amide bonds. The summed E-state index contributed by atoms with van der Waals surface area (Å²) in [5.74, 6) is 0.927. The maximum absolute atomic E-state index is 11.6. The third kappa shape index (κ3) is 3.59. The standard InChI is InChI=1S/C19H26O3S/c1-11(2)16-8-14-7-15(23(20,21)22)9-17(12(3)4)19(14)10-18(16)13(5)6/h7-13H,1-6H3,(H,20,21,22). The minimum atomic E-state index is -4.21. The molecule has 3 nitrogen and oxygen atoms in total. The second-order valence-corrected chi connectivity index (χ2v) is 8.58. The Bertz CT molecular complexity index is 831. The van der Waals surface area contributed by atoms with Crippen molar-refractivity contribution in [3.63, 3.8) is 0 Å². The van der Waals surface area contributed by atoms with E-state index in [0.717, 1.165) is 16.3 Å². The first kappa shape index (κ1) is 18.0. The van der Waals surface area contributed by atoms with Crippen LogP contribution in [0.2, 0.25) is 0 Å². The fraction of sp³-hybridized carbons (Fsp3) is 0.474. The van der Waals surface area contributed by atoms with Crippen LogP contribution in [0, 0.1) is 0 Å². The van der Waals surface area contributed by atoms with E-state index < -0.39 is 10.1 Å². The monoisotopic (exact) mass is 334 g/mol. The normalized spacial score (nSPS) is 12.8. The minimum absolute atomic E-state index is 0.0271. The highest BCUT2D eigenvalue weighted by Gasteiger charge is 2.18. The lowest BCUT2D eigenvalue weighted by Gasteiger charge is -2.20. The van der Waals surface area contributed by atoms with Crippen LogP contribution in [-0.2, 0) is 10.1 Å². The van der Waals surface area contributed by atoms with Gasteiger partial charge in [-0.3, -0.25) is 4.55 Å². The molecule has 0 saturated carbocycles. The summed E-state index contributed by atoms with van der Waals surface area (Å²) < 4.78 is 32.7. The van der Waals surface area contributed by atoms with Crippen molar-refractivity contribution >= 4 is 20.9 Å². The Morgan fingerprint density at radius 2 is 1.22 bits per heavy atom. The van der Waals surface area contributed by atoms with Crippen LogP contribution in [0.1, 0.15) is 76.0 Å². The SMILES string of the molecule is CC(C)c1cc2cc(S(=O)(=O)O)cc(C(C)C)c2cc1C(C)C. The van der Waals surface area contributed by atoms with Crippen LogP contribution in [0.25, 0.3) is 10.8 Å². The van der Waals surface area contributed by atoms with Gasteiger partial charge in [-0.1, -0.05) is 53.7 Å². The van der Waals surface area contributed by atoms with Crippen molar-refractivity contribution in [2.75, 3.05) is 0 Å². The Kier molecular flexibility index (Phi) is 4.88. The Balaban J connectivity index is 2.93. The van der Waals surface area contributed by atoms with Gasteiger partial charge in [-0.25, -0.2) is 0 Å². The summed E-state index contributed by atoms with van der Waals surface area (Å²) in [5, 5.41) is 1.94. The van der Waals surface area contributed by atoms with E-state index in [0.29, 0.717) is 11.8 Å². The summed E-state index contributed by atoms with van der Waals surface area (Å²) >= 11 is 0. The maximum atomic E-state index is 11.6. The van der Waals surface area contributed by atoms with Gasteiger partial charge in [-0.05, 0) is 57.3 Å². The molecule has 4 heteroatoms. The predicted molar refractivity (Wildman–Crippen MR) is 96.0 cm³/mol. The second kappa shape index (κ2) is 6.25. The molecule has 23 heavy (non-hydrogen) atoms. The molecule has 1 N–H and O–H groups in total. The average Bonchev–Trinajstić information content (AvgIpc) is 2.43. The third-order valence-electron chi connectivity index (χ3n) is 4.33. The molecule has 0 saturated heterocycles. The topological polar surface area (TPSA) is 54.4 Å². The highest BCUT2D eigenvalue weighted by Crippen LogP contribution is 2.35. The quantitative estimate of drug-likeness (QED) is 0.756. The van der Waals surface area contributed by atoms with Crippen LogP contribution in [0.3, 0.4) is 0 Å². The zero-order chi connectivity index (χ0) is 17.5. The predicted octanol–water partition coefficient (Wildman–Crippen LogP) is 5.46. The van der Waals surface area contributed by atoms with E-state index in [4.69, 9.17) is 0 Å². The molecule has 0 aromatic heterocycles. The first-order chi connectivity index (χ1) is 10.5. The fourth-order valence-electron chi connectivity index (χ4n) is 3.07. The molecular weight excluding hydrogens is 308 g/mol. The van der Waals surface area contributed by atoms with Crippen molar-refractivity contribution in [1.29, 1.82) is 0 Å². The van der Waals surface area contributed by atoms with Gasteiger partial charge in [-0.15, -0.1) is 0 Å². The van der Waals surface area contributed by atoms with E-state index in [9.17, 15) is 13.0 Å². The Hall–Kier alpha value is -1.39. The first-order valence-corrected chi connectivity index (χ1v) is 9.55. The number of benzene rings is 2. The molecule has 126 valence electrons. The molecule has 0 aliphatic rings. The molecule has 0 fully saturated rings. The van der Waals surface area contributed by atoms with Crippen LogP contribution < -0.4 is 0 Å². The minimum Gasteiger partial charge on any atom is -0.282 e. The van der Waals surface area contributed by atoms with Crippen LogP contribution in [0.4, 0.5) is 0 Å². The second-order valence-electron chi connectivity index (χ2n) is 7.15. The highest BCUT2D eigenvalue weighted by atomic mass is 32.2. The van der Waals surface area contributed by atoms with Crippen LogP contribution in [-0.4, -0.2) is 13.0 Å². The molecule has 0 atom stereocenters. The molecule has 0 aliphatic carbocycles. The van der Waals surface area contributed by atoms with Gasteiger partial charge in [0.05, 0.1) is 4.90 Å². The largest absolute Gasteiger partial charge is 0.294 e. The summed E-state index contributed by atoms with van der Waals surface area (Å²) in [6.45, 7) is 12.7. The van der Waals surface area contributed by atoms with Crippen molar-refractivity contribution in [3.05, 3.63) is 41.0 Å². The summed E-state index contributed by atoms with van der Waals surface area (Å²) in [4.78, 5) is -0.0271. The lowest BCUT2D eigenvalue weighted by Crippen LogP contribution is -2.04. The molecule has 0 unspecified atom stereocenters. The Morgan fingerprint density at radius 3 is 1.65 bits per heavy atom. The van der Waals surface area contributed by atoms with Crippen molar-refractivity contribution in [3.8, 4) is 0 Å². The average molecular weight is 334 g/mol. The number of hydrogen-bond acceptors (Lipinski definition) is 2.